The lowest BCUT2D eigenvalue weighted by atomic mass is 9.98. The maximum Gasteiger partial charge on any atom is 0.161 e. The van der Waals surface area contributed by atoms with Gasteiger partial charge in [0.15, 0.2) is 11.7 Å². The van der Waals surface area contributed by atoms with Crippen LogP contribution in [-0.2, 0) is 11.2 Å². The monoisotopic (exact) mass is 316 g/mol. The van der Waals surface area contributed by atoms with E-state index in [2.05, 4.69) is 44.8 Å². The van der Waals surface area contributed by atoms with Gasteiger partial charge in [0.2, 0.25) is 0 Å². The molecule has 2 rings (SSSR count). The average Bonchev–Trinajstić information content (AvgIpc) is 2.77. The molecule has 1 aliphatic carbocycles. The van der Waals surface area contributed by atoms with E-state index in [-0.39, 0.29) is 23.0 Å². The molecule has 3 atom stereocenters. The van der Waals surface area contributed by atoms with Gasteiger partial charge in [0.05, 0.1) is 11.8 Å². The smallest absolute Gasteiger partial charge is 0.161 e. The summed E-state index contributed by atoms with van der Waals surface area (Å²) >= 11 is 1.49. The zero-order valence-electron chi connectivity index (χ0n) is 14.2. The first-order valence-electron chi connectivity index (χ1n) is 7.78. The predicted molar refractivity (Wildman–Crippen MR) is 89.8 cm³/mol. The maximum atomic E-state index is 12.9. The van der Waals surface area contributed by atoms with Crippen molar-refractivity contribution in [2.75, 3.05) is 0 Å². The van der Waals surface area contributed by atoms with E-state index in [0.717, 1.165) is 17.0 Å². The van der Waals surface area contributed by atoms with E-state index in [1.807, 2.05) is 13.8 Å². The van der Waals surface area contributed by atoms with E-state index >= 15 is 0 Å². The maximum absolute atomic E-state index is 12.9. The number of carbonyl (C=O) groups excluding carboxylic acids is 1. The summed E-state index contributed by atoms with van der Waals surface area (Å²) in [5.74, 6) is -0.510. The molecule has 1 aliphatic rings. The van der Waals surface area contributed by atoms with Crippen molar-refractivity contribution < 1.29 is 4.79 Å². The summed E-state index contributed by atoms with van der Waals surface area (Å²) in [7, 11) is 0. The molecule has 1 fully saturated rings. The number of hydrogen-bond donors (Lipinski definition) is 0. The van der Waals surface area contributed by atoms with Gasteiger partial charge in [-0.15, -0.1) is 11.3 Å². The van der Waals surface area contributed by atoms with Crippen molar-refractivity contribution in [2.45, 2.75) is 53.9 Å². The van der Waals surface area contributed by atoms with Crippen LogP contribution in [0.3, 0.4) is 0 Å². The Morgan fingerprint density at radius 2 is 2.14 bits per heavy atom. The van der Waals surface area contributed by atoms with E-state index in [9.17, 15) is 10.1 Å². The van der Waals surface area contributed by atoms with E-state index in [4.69, 9.17) is 0 Å². The van der Waals surface area contributed by atoms with Gasteiger partial charge in [-0.2, -0.15) is 5.26 Å². The largest absolute Gasteiger partial charge is 0.297 e. The first kappa shape index (κ1) is 16.9. The second kappa shape index (κ2) is 5.96. The Morgan fingerprint density at radius 3 is 2.59 bits per heavy atom. The highest BCUT2D eigenvalue weighted by molar-refractivity contribution is 7.11. The Morgan fingerprint density at radius 1 is 1.50 bits per heavy atom. The molecular weight excluding hydrogens is 292 g/mol. The van der Waals surface area contributed by atoms with Crippen molar-refractivity contribution in [2.24, 2.45) is 17.3 Å². The number of ketones is 1. The van der Waals surface area contributed by atoms with Gasteiger partial charge in [0, 0.05) is 10.8 Å². The number of allylic oxidation sites excluding steroid dienone is 2. The molecule has 1 heterocycles. The van der Waals surface area contributed by atoms with Crippen LogP contribution < -0.4 is 0 Å². The van der Waals surface area contributed by atoms with Crippen LogP contribution in [0.1, 0.15) is 56.1 Å². The van der Waals surface area contributed by atoms with Crippen molar-refractivity contribution >= 4 is 17.1 Å². The van der Waals surface area contributed by atoms with Crippen molar-refractivity contribution in [3.8, 4) is 6.07 Å². The summed E-state index contributed by atoms with van der Waals surface area (Å²) in [6, 6.07) is 2.19. The molecule has 0 N–H and O–H groups in total. The fraction of sp³-hybridized carbons (Fsp3) is 0.611. The third-order valence-corrected chi connectivity index (χ3v) is 5.71. The molecule has 0 spiro atoms. The van der Waals surface area contributed by atoms with Crippen LogP contribution >= 0.6 is 11.3 Å². The molecule has 0 radical (unpaired) electrons. The Hall–Kier alpha value is -1.47. The molecule has 118 valence electrons. The Balaban J connectivity index is 2.27. The number of aryl methyl sites for hydroxylation is 2. The van der Waals surface area contributed by atoms with Crippen LogP contribution in [0.15, 0.2) is 11.6 Å². The number of nitrogens with zero attached hydrogens (tertiary/aromatic N) is 2. The number of aromatic nitrogens is 1. The lowest BCUT2D eigenvalue weighted by molar-refractivity contribution is -0.121. The highest BCUT2D eigenvalue weighted by Crippen LogP contribution is 2.61. The first-order chi connectivity index (χ1) is 10.2. The minimum absolute atomic E-state index is 0.0337. The van der Waals surface area contributed by atoms with E-state index < -0.39 is 5.92 Å². The van der Waals surface area contributed by atoms with Crippen LogP contribution in [0.25, 0.3) is 0 Å². The second-order valence-electron chi connectivity index (χ2n) is 6.94. The summed E-state index contributed by atoms with van der Waals surface area (Å²) in [6.07, 6.45) is 3.01. The number of rotatable bonds is 5. The predicted octanol–water partition coefficient (Wildman–Crippen LogP) is 4.43. The van der Waals surface area contributed by atoms with Crippen molar-refractivity contribution in [1.29, 1.82) is 5.26 Å². The molecule has 0 bridgehead atoms. The zero-order chi connectivity index (χ0) is 16.7. The van der Waals surface area contributed by atoms with E-state index in [0.29, 0.717) is 5.01 Å². The fourth-order valence-electron chi connectivity index (χ4n) is 3.21. The quantitative estimate of drug-likeness (QED) is 0.755. The third kappa shape index (κ3) is 2.87. The Bertz CT molecular complexity index is 659. The minimum Gasteiger partial charge on any atom is -0.297 e. The van der Waals surface area contributed by atoms with Crippen molar-refractivity contribution in [1.82, 2.24) is 4.98 Å². The van der Waals surface area contributed by atoms with Gasteiger partial charge in [-0.25, -0.2) is 4.98 Å². The Kier molecular flexibility index (Phi) is 4.58. The summed E-state index contributed by atoms with van der Waals surface area (Å²) in [4.78, 5) is 18.5. The van der Waals surface area contributed by atoms with Crippen LogP contribution in [0.2, 0.25) is 0 Å². The fourth-order valence-corrected chi connectivity index (χ4v) is 4.28. The molecule has 1 aromatic heterocycles. The van der Waals surface area contributed by atoms with Gasteiger partial charge in [-0.1, -0.05) is 32.4 Å². The topological polar surface area (TPSA) is 53.8 Å². The molecule has 3 nitrogen and oxygen atoms in total. The molecule has 22 heavy (non-hydrogen) atoms. The van der Waals surface area contributed by atoms with Crippen molar-refractivity contribution in [3.63, 3.8) is 0 Å². The molecular formula is C18H24N2OS. The lowest BCUT2D eigenvalue weighted by Gasteiger charge is -2.06. The van der Waals surface area contributed by atoms with Gasteiger partial charge < -0.3 is 0 Å². The van der Waals surface area contributed by atoms with E-state index in [1.165, 1.54) is 16.9 Å². The van der Waals surface area contributed by atoms with Gasteiger partial charge in [-0.3, -0.25) is 4.79 Å². The number of carbonyl (C=O) groups is 1. The molecule has 0 aliphatic heterocycles. The summed E-state index contributed by atoms with van der Waals surface area (Å²) in [5, 5.41) is 10.2. The highest BCUT2D eigenvalue weighted by Gasteiger charge is 2.61. The van der Waals surface area contributed by atoms with Crippen molar-refractivity contribution in [3.05, 3.63) is 27.2 Å². The van der Waals surface area contributed by atoms with Gasteiger partial charge in [0.1, 0.15) is 5.01 Å². The third-order valence-electron chi connectivity index (χ3n) is 4.63. The first-order valence-corrected chi connectivity index (χ1v) is 8.60. The van der Waals surface area contributed by atoms with Crippen LogP contribution in [-0.4, -0.2) is 10.8 Å². The molecule has 4 heteroatoms. The average molecular weight is 316 g/mol. The Labute approximate surface area is 137 Å². The summed E-state index contributed by atoms with van der Waals surface area (Å²) in [5.41, 5.74) is 2.17. The normalized spacial score (nSPS) is 23.5. The van der Waals surface area contributed by atoms with E-state index in [1.54, 1.807) is 0 Å². The zero-order valence-corrected chi connectivity index (χ0v) is 15.0. The molecule has 1 saturated carbocycles. The van der Waals surface area contributed by atoms with Crippen LogP contribution in [0.4, 0.5) is 0 Å². The SMILES string of the molecule is CCc1nc([C@H](C#N)C(=O)[C@H]2[C@H](C=C(C)C)C2(C)C)sc1C. The number of Topliss-reactive ketones (excluding diaryl/α,β-unsaturated/α-hetero) is 1. The highest BCUT2D eigenvalue weighted by atomic mass is 32.1. The standard InChI is InChI=1S/C18H24N2OS/c1-7-14-11(4)22-17(20-14)12(9-19)16(21)15-13(8-10(2)3)18(15,5)6/h8,12-13,15H,7H2,1-6H3/t12-,13+,15-/m1/s1. The van der Waals surface area contributed by atoms with Crippen LogP contribution in [0, 0.1) is 35.5 Å². The molecule has 1 aromatic rings. The molecule has 0 aromatic carbocycles. The van der Waals surface area contributed by atoms with Gasteiger partial charge in [-0.05, 0) is 38.5 Å². The molecule has 0 unspecified atom stereocenters. The van der Waals surface area contributed by atoms with Gasteiger partial charge in [0.25, 0.3) is 0 Å². The second-order valence-corrected chi connectivity index (χ2v) is 8.18. The summed E-state index contributed by atoms with van der Waals surface area (Å²) < 4.78 is 0. The molecule has 0 saturated heterocycles. The summed E-state index contributed by atoms with van der Waals surface area (Å²) in [6.45, 7) is 12.4. The number of hydrogen-bond acceptors (Lipinski definition) is 4. The molecule has 0 amide bonds. The van der Waals surface area contributed by atoms with Gasteiger partial charge >= 0.3 is 0 Å². The lowest BCUT2D eigenvalue weighted by Crippen LogP contribution is -2.15. The number of nitriles is 1. The van der Waals surface area contributed by atoms with Crippen LogP contribution in [0.5, 0.6) is 0 Å². The minimum atomic E-state index is -0.719. The number of thiazole rings is 1.